The van der Waals surface area contributed by atoms with Crippen molar-refractivity contribution in [3.63, 3.8) is 0 Å². The van der Waals surface area contributed by atoms with E-state index in [1.807, 2.05) is 38.1 Å². The van der Waals surface area contributed by atoms with Gasteiger partial charge in [-0.2, -0.15) is 5.26 Å². The van der Waals surface area contributed by atoms with Crippen molar-refractivity contribution >= 4 is 11.0 Å². The number of methoxy groups -OCH3 is 1. The predicted molar refractivity (Wildman–Crippen MR) is 66.0 cm³/mol. The minimum absolute atomic E-state index is 0.216. The van der Waals surface area contributed by atoms with Crippen LogP contribution in [0.4, 0.5) is 0 Å². The Hall–Kier alpha value is -1.95. The van der Waals surface area contributed by atoms with E-state index in [1.165, 1.54) is 0 Å². The van der Waals surface area contributed by atoms with Crippen molar-refractivity contribution < 1.29 is 9.15 Å². The highest BCUT2D eigenvalue weighted by molar-refractivity contribution is 5.83. The van der Waals surface area contributed by atoms with Crippen LogP contribution in [0.25, 0.3) is 11.0 Å². The first kappa shape index (κ1) is 11.5. The second-order valence-corrected chi connectivity index (χ2v) is 4.38. The van der Waals surface area contributed by atoms with Gasteiger partial charge in [-0.3, -0.25) is 0 Å². The zero-order chi connectivity index (χ0) is 12.4. The van der Waals surface area contributed by atoms with Crippen LogP contribution in [-0.4, -0.2) is 7.11 Å². The van der Waals surface area contributed by atoms with Crippen molar-refractivity contribution in [1.29, 1.82) is 5.26 Å². The molecule has 0 radical (unpaired) electrons. The Morgan fingerprint density at radius 3 is 2.71 bits per heavy atom. The lowest BCUT2D eigenvalue weighted by molar-refractivity contribution is 0.402. The van der Waals surface area contributed by atoms with Gasteiger partial charge in [0.2, 0.25) is 0 Å². The van der Waals surface area contributed by atoms with Crippen LogP contribution in [0.15, 0.2) is 28.7 Å². The summed E-state index contributed by atoms with van der Waals surface area (Å²) in [5.74, 6) is 1.43. The first-order chi connectivity index (χ1) is 8.17. The molecule has 0 aliphatic carbocycles. The zero-order valence-electron chi connectivity index (χ0n) is 10.2. The van der Waals surface area contributed by atoms with Crippen molar-refractivity contribution in [2.75, 3.05) is 7.11 Å². The fourth-order valence-electron chi connectivity index (χ4n) is 1.91. The maximum absolute atomic E-state index is 9.16. The molecule has 0 spiro atoms. The molecule has 17 heavy (non-hydrogen) atoms. The summed E-state index contributed by atoms with van der Waals surface area (Å²) in [5, 5.41) is 10.1. The van der Waals surface area contributed by atoms with Gasteiger partial charge in [0.15, 0.2) is 11.3 Å². The molecule has 0 aliphatic heterocycles. The molecule has 2 rings (SSSR count). The number of nitrogens with zero attached hydrogens (tertiary/aromatic N) is 1. The number of hydrogen-bond acceptors (Lipinski definition) is 3. The van der Waals surface area contributed by atoms with Gasteiger partial charge in [-0.1, -0.05) is 26.0 Å². The molecule has 0 saturated carbocycles. The number of furan rings is 1. The lowest BCUT2D eigenvalue weighted by Crippen LogP contribution is -2.02. The molecule has 1 unspecified atom stereocenters. The molecule has 0 bridgehead atoms. The largest absolute Gasteiger partial charge is 0.493 e. The fraction of sp³-hybridized carbons (Fsp3) is 0.357. The van der Waals surface area contributed by atoms with Crippen molar-refractivity contribution in [1.82, 2.24) is 0 Å². The Bertz CT molecular complexity index is 563. The third-order valence-corrected chi connectivity index (χ3v) is 2.86. The molecule has 1 atom stereocenters. The van der Waals surface area contributed by atoms with E-state index in [9.17, 15) is 0 Å². The van der Waals surface area contributed by atoms with Gasteiger partial charge < -0.3 is 9.15 Å². The minimum atomic E-state index is -0.216. The highest BCUT2D eigenvalue weighted by Gasteiger charge is 2.20. The van der Waals surface area contributed by atoms with E-state index >= 15 is 0 Å². The van der Waals surface area contributed by atoms with Crippen LogP contribution >= 0.6 is 0 Å². The van der Waals surface area contributed by atoms with Gasteiger partial charge in [0, 0.05) is 5.39 Å². The lowest BCUT2D eigenvalue weighted by atomic mass is 9.95. The summed E-state index contributed by atoms with van der Waals surface area (Å²) in [7, 11) is 1.61. The Kier molecular flexibility index (Phi) is 3.06. The Morgan fingerprint density at radius 1 is 1.35 bits per heavy atom. The van der Waals surface area contributed by atoms with Gasteiger partial charge >= 0.3 is 0 Å². The third kappa shape index (κ3) is 1.99. The summed E-state index contributed by atoms with van der Waals surface area (Å²) < 4.78 is 11.0. The van der Waals surface area contributed by atoms with Crippen LogP contribution in [-0.2, 0) is 0 Å². The van der Waals surface area contributed by atoms with Crippen LogP contribution in [0.5, 0.6) is 5.75 Å². The third-order valence-electron chi connectivity index (χ3n) is 2.86. The molecular weight excluding hydrogens is 214 g/mol. The van der Waals surface area contributed by atoms with E-state index in [2.05, 4.69) is 6.07 Å². The van der Waals surface area contributed by atoms with E-state index in [4.69, 9.17) is 14.4 Å². The molecule has 1 aromatic carbocycles. The number of fused-ring (bicyclic) bond motifs is 1. The average Bonchev–Trinajstić information content (AvgIpc) is 2.72. The number of rotatable bonds is 3. The highest BCUT2D eigenvalue weighted by Crippen LogP contribution is 2.33. The van der Waals surface area contributed by atoms with Gasteiger partial charge in [-0.05, 0) is 18.1 Å². The second-order valence-electron chi connectivity index (χ2n) is 4.38. The monoisotopic (exact) mass is 229 g/mol. The molecule has 0 aliphatic rings. The van der Waals surface area contributed by atoms with Crippen LogP contribution in [0, 0.1) is 17.2 Å². The molecule has 0 amide bonds. The predicted octanol–water partition coefficient (Wildman–Crippen LogP) is 3.70. The summed E-state index contributed by atoms with van der Waals surface area (Å²) in [6.07, 6.45) is 0. The van der Waals surface area contributed by atoms with E-state index < -0.39 is 0 Å². The fourth-order valence-corrected chi connectivity index (χ4v) is 1.91. The molecule has 88 valence electrons. The zero-order valence-corrected chi connectivity index (χ0v) is 10.2. The summed E-state index contributed by atoms with van der Waals surface area (Å²) in [4.78, 5) is 0. The van der Waals surface area contributed by atoms with E-state index in [-0.39, 0.29) is 11.8 Å². The molecule has 3 nitrogen and oxygen atoms in total. The highest BCUT2D eigenvalue weighted by atomic mass is 16.5. The first-order valence-corrected chi connectivity index (χ1v) is 5.63. The molecule has 2 aromatic rings. The number of ether oxygens (including phenoxy) is 1. The van der Waals surface area contributed by atoms with Crippen LogP contribution in [0.3, 0.4) is 0 Å². The smallest absolute Gasteiger partial charge is 0.176 e. The van der Waals surface area contributed by atoms with Gasteiger partial charge in [-0.15, -0.1) is 0 Å². The number of benzene rings is 1. The lowest BCUT2D eigenvalue weighted by Gasteiger charge is -2.08. The van der Waals surface area contributed by atoms with Gasteiger partial charge in [0.05, 0.1) is 13.2 Å². The first-order valence-electron chi connectivity index (χ1n) is 5.63. The maximum Gasteiger partial charge on any atom is 0.176 e. The molecule has 0 N–H and O–H groups in total. The van der Waals surface area contributed by atoms with E-state index in [0.29, 0.717) is 17.1 Å². The number of hydrogen-bond donors (Lipinski definition) is 0. The molecular formula is C14H15NO2. The summed E-state index contributed by atoms with van der Waals surface area (Å²) in [5.41, 5.74) is 0.714. The standard InChI is InChI=1S/C14H15NO2/c1-9(2)11(8-15)13-7-10-5-4-6-12(16-3)14(10)17-13/h4-7,9,11H,1-3H3. The van der Waals surface area contributed by atoms with E-state index in [0.717, 1.165) is 5.39 Å². The number of nitriles is 1. The molecule has 0 fully saturated rings. The van der Waals surface area contributed by atoms with Crippen LogP contribution in [0.2, 0.25) is 0 Å². The molecule has 1 aromatic heterocycles. The van der Waals surface area contributed by atoms with E-state index in [1.54, 1.807) is 7.11 Å². The van der Waals surface area contributed by atoms with Crippen molar-refractivity contribution in [2.45, 2.75) is 19.8 Å². The summed E-state index contributed by atoms with van der Waals surface area (Å²) in [6, 6.07) is 9.93. The number of para-hydroxylation sites is 1. The Balaban J connectivity index is 2.55. The SMILES string of the molecule is COc1cccc2cc(C(C#N)C(C)C)oc12. The quantitative estimate of drug-likeness (QED) is 0.806. The normalized spacial score (nSPS) is 12.6. The maximum atomic E-state index is 9.16. The van der Waals surface area contributed by atoms with Crippen molar-refractivity contribution in [3.8, 4) is 11.8 Å². The van der Waals surface area contributed by atoms with Gasteiger partial charge in [0.1, 0.15) is 11.7 Å². The Labute approximate surface area is 101 Å². The molecule has 3 heteroatoms. The average molecular weight is 229 g/mol. The van der Waals surface area contributed by atoms with Gasteiger partial charge in [-0.25, -0.2) is 0 Å². The van der Waals surface area contributed by atoms with Crippen molar-refractivity contribution in [2.24, 2.45) is 5.92 Å². The van der Waals surface area contributed by atoms with Crippen LogP contribution in [0.1, 0.15) is 25.5 Å². The Morgan fingerprint density at radius 2 is 2.12 bits per heavy atom. The molecule has 0 saturated heterocycles. The van der Waals surface area contributed by atoms with Crippen molar-refractivity contribution in [3.05, 3.63) is 30.0 Å². The minimum Gasteiger partial charge on any atom is -0.493 e. The second kappa shape index (κ2) is 4.50. The molecule has 1 heterocycles. The van der Waals surface area contributed by atoms with Crippen LogP contribution < -0.4 is 4.74 Å². The topological polar surface area (TPSA) is 46.2 Å². The summed E-state index contributed by atoms with van der Waals surface area (Å²) >= 11 is 0. The summed E-state index contributed by atoms with van der Waals surface area (Å²) in [6.45, 7) is 4.02. The van der Waals surface area contributed by atoms with Gasteiger partial charge in [0.25, 0.3) is 0 Å².